The van der Waals surface area contributed by atoms with Crippen LogP contribution in [-0.4, -0.2) is 16.6 Å². The number of unbranched alkanes of at least 4 members (excludes halogenated alkanes) is 9. The highest BCUT2D eigenvalue weighted by Crippen LogP contribution is 2.24. The van der Waals surface area contributed by atoms with Gasteiger partial charge < -0.3 is 36.4 Å². The van der Waals surface area contributed by atoms with E-state index >= 15 is 0 Å². The van der Waals surface area contributed by atoms with Crippen molar-refractivity contribution in [1.29, 1.82) is 0 Å². The second-order valence-electron chi connectivity index (χ2n) is 14.9. The fourth-order valence-corrected chi connectivity index (χ4v) is 6.09. The highest BCUT2D eigenvalue weighted by molar-refractivity contribution is 7.40. The van der Waals surface area contributed by atoms with Gasteiger partial charge in [0.05, 0.1) is 16.6 Å². The molecule has 0 aliphatic heterocycles. The van der Waals surface area contributed by atoms with E-state index in [1.165, 1.54) is 173 Å². The van der Waals surface area contributed by atoms with E-state index in [0.717, 1.165) is 0 Å². The Balaban J connectivity index is -0.000000275. The van der Waals surface area contributed by atoms with Crippen LogP contribution < -0.4 is 31.9 Å². The van der Waals surface area contributed by atoms with Gasteiger partial charge in [0.25, 0.3) is 0 Å². The summed E-state index contributed by atoms with van der Waals surface area (Å²) in [6.45, 7) is 20.5. The van der Waals surface area contributed by atoms with Crippen LogP contribution in [0.5, 0.6) is 0 Å². The second kappa shape index (κ2) is 35.8. The normalized spacial score (nSPS) is 12.0. The van der Waals surface area contributed by atoms with Crippen LogP contribution in [0.3, 0.4) is 0 Å². The molecule has 0 radical (unpaired) electrons. The maximum Gasteiger partial charge on any atom is 0.0945 e. The van der Waals surface area contributed by atoms with Crippen LogP contribution in [0.25, 0.3) is 0 Å². The molecule has 0 aromatic rings. The Morgan fingerprint density at radius 2 is 0.426 bits per heavy atom. The summed E-state index contributed by atoms with van der Waals surface area (Å²) in [5.41, 5.74) is 14.7. The molecule has 9 N–H and O–H groups in total. The number of hydrogen-bond acceptors (Lipinski definition) is 4. The summed E-state index contributed by atoms with van der Waals surface area (Å²) < 4.78 is 8.55. The Kier molecular flexibility index (Phi) is 41.0. The summed E-state index contributed by atoms with van der Waals surface area (Å²) in [6.07, 6.45) is 36.1. The van der Waals surface area contributed by atoms with E-state index in [4.69, 9.17) is 19.2 Å². The molecule has 0 atom stereocenters. The molecular weight excluding hydrogens is 605 g/mol. The largest absolute Gasteiger partial charge is 0.822 e. The molecule has 0 aliphatic rings. The van der Waals surface area contributed by atoms with Crippen LogP contribution in [-0.2, 0) is 4.57 Å². The van der Waals surface area contributed by atoms with E-state index < -0.39 is 7.82 Å². The number of quaternary nitrogens is 3. The fraction of sp³-hybridized carbons (Fsp3) is 1.00. The lowest BCUT2D eigenvalue weighted by Gasteiger charge is -2.36. The number of hydrogen-bond donors (Lipinski definition) is 3. The molecule has 0 fully saturated rings. The van der Waals surface area contributed by atoms with Crippen molar-refractivity contribution in [1.82, 2.24) is 0 Å². The Morgan fingerprint density at radius 1 is 0.340 bits per heavy atom. The van der Waals surface area contributed by atoms with Crippen molar-refractivity contribution in [3.63, 3.8) is 0 Å². The van der Waals surface area contributed by atoms with Crippen LogP contribution in [0.2, 0.25) is 0 Å². The minimum Gasteiger partial charge on any atom is -0.822 e. The molecule has 0 rings (SSSR count). The lowest BCUT2D eigenvalue weighted by molar-refractivity contribution is -0.484. The summed E-state index contributed by atoms with van der Waals surface area (Å²) >= 11 is 0. The molecule has 0 aromatic carbocycles. The molecule has 0 aliphatic carbocycles. The van der Waals surface area contributed by atoms with Gasteiger partial charge in [-0.25, -0.2) is 0 Å². The molecule has 47 heavy (non-hydrogen) atoms. The maximum atomic E-state index is 8.55. The zero-order valence-electron chi connectivity index (χ0n) is 33.8. The van der Waals surface area contributed by atoms with Gasteiger partial charge >= 0.3 is 0 Å². The predicted octanol–water partition coefficient (Wildman–Crippen LogP) is 7.79. The zero-order valence-corrected chi connectivity index (χ0v) is 34.7. The van der Waals surface area contributed by atoms with E-state index in [2.05, 4.69) is 79.5 Å². The topological polar surface area (TPSA) is 169 Å². The Bertz CT molecular complexity index is 515. The Hall–Kier alpha value is -0.0100. The van der Waals surface area contributed by atoms with Gasteiger partial charge in [-0.3, -0.25) is 0 Å². The van der Waals surface area contributed by atoms with Crippen LogP contribution in [0, 0.1) is 0 Å². The third-order valence-electron chi connectivity index (χ3n) is 9.55. The molecule has 0 heterocycles. The standard InChI is InChI=1S/3C13H29N.H3O4P/c3*1-4-7-10-13(14,11-8-5-2)12-9-6-3;1-5(2,3)4/h3*4-12,14H2,1-3H3;(H3,1,2,3,4). The molecule has 0 saturated heterocycles. The first-order valence-corrected chi connectivity index (χ1v) is 21.8. The SMILES string of the molecule is CCCCC([NH3+])(CCCC)CCCC.CCCCC([NH3+])(CCCC)CCCC.CCCCC([NH3+])(CCCC)CCCC.O=P([O-])([O-])[O-]. The lowest BCUT2D eigenvalue weighted by atomic mass is 9.84. The smallest absolute Gasteiger partial charge is 0.0945 e. The minimum absolute atomic E-state index is 0.405. The highest BCUT2D eigenvalue weighted by atomic mass is 31.2. The van der Waals surface area contributed by atoms with Crippen molar-refractivity contribution in [3.8, 4) is 0 Å². The molecule has 0 bridgehead atoms. The van der Waals surface area contributed by atoms with Crippen LogP contribution >= 0.6 is 7.82 Å². The van der Waals surface area contributed by atoms with Gasteiger partial charge in [-0.05, 0) is 57.8 Å². The van der Waals surface area contributed by atoms with Gasteiger partial charge in [0.1, 0.15) is 0 Å². The first kappa shape index (κ1) is 53.8. The molecule has 0 amide bonds. The molecule has 0 unspecified atom stereocenters. The van der Waals surface area contributed by atoms with Crippen molar-refractivity contribution in [2.24, 2.45) is 0 Å². The molecular formula is C39H90N3O4P. The van der Waals surface area contributed by atoms with Gasteiger partial charge in [-0.15, -0.1) is 0 Å². The number of rotatable bonds is 27. The van der Waals surface area contributed by atoms with Crippen molar-refractivity contribution in [3.05, 3.63) is 0 Å². The van der Waals surface area contributed by atoms with E-state index in [0.29, 0.717) is 16.6 Å². The second-order valence-corrected chi connectivity index (χ2v) is 15.8. The average Bonchev–Trinajstić information content (AvgIpc) is 3.03. The van der Waals surface area contributed by atoms with Crippen molar-refractivity contribution in [2.75, 3.05) is 0 Å². The van der Waals surface area contributed by atoms with Crippen molar-refractivity contribution >= 4 is 7.82 Å². The first-order chi connectivity index (χ1) is 22.0. The van der Waals surface area contributed by atoms with Crippen molar-refractivity contribution < 1.29 is 36.4 Å². The third kappa shape index (κ3) is 44.0. The van der Waals surface area contributed by atoms with Gasteiger partial charge in [-0.2, -0.15) is 7.82 Å². The average molecular weight is 696 g/mol. The molecule has 8 heteroatoms. The fourth-order valence-electron chi connectivity index (χ4n) is 6.09. The van der Waals surface area contributed by atoms with Crippen LogP contribution in [0.4, 0.5) is 0 Å². The first-order valence-electron chi connectivity index (χ1n) is 20.3. The zero-order chi connectivity index (χ0) is 37.1. The van der Waals surface area contributed by atoms with Gasteiger partial charge in [0.15, 0.2) is 0 Å². The Morgan fingerprint density at radius 3 is 0.489 bits per heavy atom. The van der Waals surface area contributed by atoms with Crippen molar-refractivity contribution in [2.45, 2.75) is 252 Å². The molecule has 0 spiro atoms. The molecule has 290 valence electrons. The predicted molar refractivity (Wildman–Crippen MR) is 200 cm³/mol. The van der Waals surface area contributed by atoms with E-state index in [1.807, 2.05) is 0 Å². The van der Waals surface area contributed by atoms with Gasteiger partial charge in [-0.1, -0.05) is 120 Å². The van der Waals surface area contributed by atoms with E-state index in [1.54, 1.807) is 0 Å². The third-order valence-corrected chi connectivity index (χ3v) is 9.55. The van der Waals surface area contributed by atoms with Crippen LogP contribution in [0.1, 0.15) is 236 Å². The van der Waals surface area contributed by atoms with E-state index in [-0.39, 0.29) is 0 Å². The summed E-state index contributed by atoms with van der Waals surface area (Å²) in [5, 5.41) is 0. The molecule has 7 nitrogen and oxygen atoms in total. The summed E-state index contributed by atoms with van der Waals surface area (Å²) in [7, 11) is -5.39. The lowest BCUT2D eigenvalue weighted by Crippen LogP contribution is -2.72. The molecule has 0 aromatic heterocycles. The minimum atomic E-state index is -5.39. The monoisotopic (exact) mass is 696 g/mol. The summed E-state index contributed by atoms with van der Waals surface area (Å²) in [6, 6.07) is 0. The molecule has 0 saturated carbocycles. The number of phosphoric acid groups is 1. The van der Waals surface area contributed by atoms with Gasteiger partial charge in [0, 0.05) is 57.8 Å². The maximum absolute atomic E-state index is 8.55. The van der Waals surface area contributed by atoms with Gasteiger partial charge in [0.2, 0.25) is 0 Å². The summed E-state index contributed by atoms with van der Waals surface area (Å²) in [4.78, 5) is 25.6. The van der Waals surface area contributed by atoms with Crippen LogP contribution in [0.15, 0.2) is 0 Å². The Labute approximate surface area is 296 Å². The van der Waals surface area contributed by atoms with E-state index in [9.17, 15) is 0 Å². The highest BCUT2D eigenvalue weighted by Gasteiger charge is 2.28. The quantitative estimate of drug-likeness (QED) is 0.0746. The summed E-state index contributed by atoms with van der Waals surface area (Å²) in [5.74, 6) is 0.